The highest BCUT2D eigenvalue weighted by molar-refractivity contribution is 5.31. The topological polar surface area (TPSA) is 64.1 Å². The van der Waals surface area contributed by atoms with Crippen LogP contribution in [0, 0.1) is 13.8 Å². The van der Waals surface area contributed by atoms with Crippen LogP contribution in [-0.2, 0) is 12.1 Å². The molecule has 1 aromatic carbocycles. The van der Waals surface area contributed by atoms with Gasteiger partial charge in [0.1, 0.15) is 5.60 Å². The second kappa shape index (κ2) is 5.15. The molecule has 0 saturated carbocycles. The van der Waals surface area contributed by atoms with Crippen LogP contribution in [0.4, 0.5) is 0 Å². The number of benzene rings is 1. The minimum absolute atomic E-state index is 0.186. The molecule has 102 valence electrons. The summed E-state index contributed by atoms with van der Waals surface area (Å²) in [6.45, 7) is 6.51. The summed E-state index contributed by atoms with van der Waals surface area (Å²) in [5, 5.41) is 14.9. The molecule has 1 heterocycles. The van der Waals surface area contributed by atoms with E-state index in [1.165, 1.54) is 5.56 Å². The molecule has 0 aliphatic heterocycles. The number of rotatable bonds is 4. The second-order valence-electron chi connectivity index (χ2n) is 5.17. The van der Waals surface area contributed by atoms with Gasteiger partial charge in [-0.05, 0) is 26.3 Å². The van der Waals surface area contributed by atoms with Crippen LogP contribution in [0.15, 0.2) is 30.3 Å². The minimum Gasteiger partial charge on any atom is -0.384 e. The molecule has 19 heavy (non-hydrogen) atoms. The van der Waals surface area contributed by atoms with Gasteiger partial charge >= 0.3 is 0 Å². The molecule has 4 heteroatoms. The second-order valence-corrected chi connectivity index (χ2v) is 5.17. The Morgan fingerprint density at radius 1 is 1.26 bits per heavy atom. The third-order valence-electron chi connectivity index (χ3n) is 3.49. The lowest BCUT2D eigenvalue weighted by Crippen LogP contribution is -2.32. The third kappa shape index (κ3) is 2.69. The lowest BCUT2D eigenvalue weighted by molar-refractivity contribution is 0.0654. The van der Waals surface area contributed by atoms with E-state index in [0.717, 1.165) is 17.0 Å². The summed E-state index contributed by atoms with van der Waals surface area (Å²) in [5.41, 5.74) is 8.46. The summed E-state index contributed by atoms with van der Waals surface area (Å²) >= 11 is 0. The Morgan fingerprint density at radius 2 is 1.89 bits per heavy atom. The van der Waals surface area contributed by atoms with Gasteiger partial charge < -0.3 is 10.8 Å². The highest BCUT2D eigenvalue weighted by Gasteiger charge is 2.28. The summed E-state index contributed by atoms with van der Waals surface area (Å²) in [5.74, 6) is 0. The molecule has 0 bridgehead atoms. The zero-order valence-corrected chi connectivity index (χ0v) is 11.7. The Balaban J connectivity index is 2.37. The van der Waals surface area contributed by atoms with Crippen molar-refractivity contribution in [2.75, 3.05) is 6.54 Å². The first-order valence-electron chi connectivity index (χ1n) is 6.46. The highest BCUT2D eigenvalue weighted by Crippen LogP contribution is 2.26. The van der Waals surface area contributed by atoms with Crippen molar-refractivity contribution in [2.24, 2.45) is 5.73 Å². The van der Waals surface area contributed by atoms with Crippen molar-refractivity contribution in [1.82, 2.24) is 9.78 Å². The standard InChI is InChI=1S/C15H21N3O/c1-11-14(15(3,19)10-16)12(2)18(17-11)9-13-7-5-4-6-8-13/h4-8,19H,9-10,16H2,1-3H3. The summed E-state index contributed by atoms with van der Waals surface area (Å²) in [6.07, 6.45) is 0. The van der Waals surface area contributed by atoms with Crippen molar-refractivity contribution in [1.29, 1.82) is 0 Å². The Kier molecular flexibility index (Phi) is 3.73. The van der Waals surface area contributed by atoms with Crippen LogP contribution in [0.3, 0.4) is 0 Å². The SMILES string of the molecule is Cc1nn(Cc2ccccc2)c(C)c1C(C)(O)CN. The van der Waals surface area contributed by atoms with Crippen molar-refractivity contribution in [2.45, 2.75) is 32.9 Å². The van der Waals surface area contributed by atoms with Crippen molar-refractivity contribution in [3.05, 3.63) is 52.8 Å². The van der Waals surface area contributed by atoms with Crippen LogP contribution < -0.4 is 5.73 Å². The van der Waals surface area contributed by atoms with Gasteiger partial charge in [-0.1, -0.05) is 30.3 Å². The summed E-state index contributed by atoms with van der Waals surface area (Å²) in [6, 6.07) is 10.2. The Morgan fingerprint density at radius 3 is 2.47 bits per heavy atom. The Bertz CT molecular complexity index is 558. The van der Waals surface area contributed by atoms with Gasteiger partial charge in [-0.3, -0.25) is 4.68 Å². The fourth-order valence-corrected chi connectivity index (χ4v) is 2.49. The molecule has 0 amide bonds. The maximum absolute atomic E-state index is 10.4. The molecule has 0 radical (unpaired) electrons. The zero-order chi connectivity index (χ0) is 14.0. The highest BCUT2D eigenvalue weighted by atomic mass is 16.3. The lowest BCUT2D eigenvalue weighted by Gasteiger charge is -2.22. The van der Waals surface area contributed by atoms with E-state index in [-0.39, 0.29) is 6.54 Å². The minimum atomic E-state index is -1.02. The van der Waals surface area contributed by atoms with Gasteiger partial charge in [0.25, 0.3) is 0 Å². The average Bonchev–Trinajstić information content (AvgIpc) is 2.66. The molecule has 3 N–H and O–H groups in total. The van der Waals surface area contributed by atoms with E-state index in [1.54, 1.807) is 6.92 Å². The van der Waals surface area contributed by atoms with Gasteiger partial charge in [-0.15, -0.1) is 0 Å². The van der Waals surface area contributed by atoms with Crippen LogP contribution in [0.1, 0.15) is 29.4 Å². The Hall–Kier alpha value is -1.65. The molecule has 0 saturated heterocycles. The van der Waals surface area contributed by atoms with Gasteiger partial charge in [-0.2, -0.15) is 5.10 Å². The fraction of sp³-hybridized carbons (Fsp3) is 0.400. The van der Waals surface area contributed by atoms with Crippen LogP contribution in [-0.4, -0.2) is 21.4 Å². The van der Waals surface area contributed by atoms with Crippen LogP contribution in [0.25, 0.3) is 0 Å². The molecule has 0 fully saturated rings. The van der Waals surface area contributed by atoms with Gasteiger partial charge in [0.15, 0.2) is 0 Å². The van der Waals surface area contributed by atoms with Gasteiger partial charge in [-0.25, -0.2) is 0 Å². The van der Waals surface area contributed by atoms with E-state index < -0.39 is 5.60 Å². The van der Waals surface area contributed by atoms with E-state index in [9.17, 15) is 5.11 Å². The monoisotopic (exact) mass is 259 g/mol. The largest absolute Gasteiger partial charge is 0.384 e. The van der Waals surface area contributed by atoms with Gasteiger partial charge in [0.05, 0.1) is 12.2 Å². The van der Waals surface area contributed by atoms with E-state index in [4.69, 9.17) is 5.73 Å². The number of nitrogens with zero attached hydrogens (tertiary/aromatic N) is 2. The molecular formula is C15H21N3O. The van der Waals surface area contributed by atoms with Crippen molar-refractivity contribution in [3.8, 4) is 0 Å². The van der Waals surface area contributed by atoms with E-state index in [2.05, 4.69) is 17.2 Å². The normalized spacial score (nSPS) is 14.4. The molecule has 1 atom stereocenters. The third-order valence-corrected chi connectivity index (χ3v) is 3.49. The number of nitrogens with two attached hydrogens (primary N) is 1. The zero-order valence-electron chi connectivity index (χ0n) is 11.7. The number of aliphatic hydroxyl groups is 1. The molecular weight excluding hydrogens is 238 g/mol. The summed E-state index contributed by atoms with van der Waals surface area (Å²) in [4.78, 5) is 0. The summed E-state index contributed by atoms with van der Waals surface area (Å²) in [7, 11) is 0. The first-order valence-corrected chi connectivity index (χ1v) is 6.46. The lowest BCUT2D eigenvalue weighted by atomic mass is 9.94. The van der Waals surface area contributed by atoms with E-state index in [1.807, 2.05) is 36.7 Å². The molecule has 1 unspecified atom stereocenters. The average molecular weight is 259 g/mol. The van der Waals surface area contributed by atoms with Crippen molar-refractivity contribution in [3.63, 3.8) is 0 Å². The maximum Gasteiger partial charge on any atom is 0.103 e. The van der Waals surface area contributed by atoms with Crippen LogP contribution in [0.5, 0.6) is 0 Å². The molecule has 0 aliphatic rings. The number of hydrogen-bond donors (Lipinski definition) is 2. The fourth-order valence-electron chi connectivity index (χ4n) is 2.49. The first kappa shape index (κ1) is 13.8. The first-order chi connectivity index (χ1) is 8.95. The van der Waals surface area contributed by atoms with Crippen LogP contribution in [0.2, 0.25) is 0 Å². The molecule has 2 rings (SSSR count). The summed E-state index contributed by atoms with van der Waals surface area (Å²) < 4.78 is 1.92. The number of hydrogen-bond acceptors (Lipinski definition) is 3. The van der Waals surface area contributed by atoms with Crippen molar-refractivity contribution >= 4 is 0 Å². The van der Waals surface area contributed by atoms with Crippen molar-refractivity contribution < 1.29 is 5.11 Å². The van der Waals surface area contributed by atoms with E-state index >= 15 is 0 Å². The van der Waals surface area contributed by atoms with Gasteiger partial charge in [0, 0.05) is 17.8 Å². The molecule has 0 spiro atoms. The predicted octanol–water partition coefficient (Wildman–Crippen LogP) is 1.71. The Labute approximate surface area is 113 Å². The molecule has 4 nitrogen and oxygen atoms in total. The predicted molar refractivity (Wildman–Crippen MR) is 75.9 cm³/mol. The number of aromatic nitrogens is 2. The quantitative estimate of drug-likeness (QED) is 0.878. The smallest absolute Gasteiger partial charge is 0.103 e. The van der Waals surface area contributed by atoms with Crippen LogP contribution >= 0.6 is 0 Å². The number of aryl methyl sites for hydroxylation is 1. The molecule has 2 aromatic rings. The maximum atomic E-state index is 10.4. The van der Waals surface area contributed by atoms with E-state index in [0.29, 0.717) is 6.54 Å². The molecule has 1 aromatic heterocycles. The van der Waals surface area contributed by atoms with Gasteiger partial charge in [0.2, 0.25) is 0 Å². The molecule has 0 aliphatic carbocycles.